The Morgan fingerprint density at radius 3 is 2.92 bits per heavy atom. The molecule has 1 aromatic carbocycles. The lowest BCUT2D eigenvalue weighted by Crippen LogP contribution is -2.08. The Morgan fingerprint density at radius 2 is 2.31 bits per heavy atom. The molecule has 0 bridgehead atoms. The average Bonchev–Trinajstić information content (AvgIpc) is 2.04. The second kappa shape index (κ2) is 4.27. The summed E-state index contributed by atoms with van der Waals surface area (Å²) in [5.41, 5.74) is 0.410. The van der Waals surface area contributed by atoms with Crippen molar-refractivity contribution in [2.45, 2.75) is 6.92 Å². The van der Waals surface area contributed by atoms with Crippen LogP contribution in [0.4, 0.5) is 10.1 Å². The van der Waals surface area contributed by atoms with E-state index in [2.05, 4.69) is 17.2 Å². The van der Waals surface area contributed by atoms with Gasteiger partial charge >= 0.3 is 0 Å². The molecular formula is C10H8FNO. The summed E-state index contributed by atoms with van der Waals surface area (Å²) in [5, 5.41) is 2.43. The van der Waals surface area contributed by atoms with Crippen LogP contribution in [0, 0.1) is 17.7 Å². The van der Waals surface area contributed by atoms with E-state index < -0.39 is 5.91 Å². The molecule has 1 amide bonds. The highest BCUT2D eigenvalue weighted by molar-refractivity contribution is 6.03. The Bertz CT molecular complexity index is 376. The maximum Gasteiger partial charge on any atom is 0.300 e. The van der Waals surface area contributed by atoms with Gasteiger partial charge in [0, 0.05) is 5.69 Å². The first-order chi connectivity index (χ1) is 6.22. The largest absolute Gasteiger partial charge is 0.315 e. The monoisotopic (exact) mass is 177 g/mol. The lowest BCUT2D eigenvalue weighted by atomic mass is 10.3. The highest BCUT2D eigenvalue weighted by atomic mass is 19.1. The number of anilines is 1. The molecule has 3 heteroatoms. The summed E-state index contributed by atoms with van der Waals surface area (Å²) in [7, 11) is 0. The Balaban J connectivity index is 2.73. The minimum atomic E-state index is -0.437. The average molecular weight is 177 g/mol. The number of carbonyl (C=O) groups excluding carboxylic acids is 1. The molecule has 66 valence electrons. The Hall–Kier alpha value is -1.82. The minimum absolute atomic E-state index is 0.387. The number of hydrogen-bond donors (Lipinski definition) is 1. The molecule has 0 saturated heterocycles. The van der Waals surface area contributed by atoms with Crippen LogP contribution in [0.25, 0.3) is 0 Å². The van der Waals surface area contributed by atoms with Crippen molar-refractivity contribution in [1.82, 2.24) is 0 Å². The third-order valence-electron chi connectivity index (χ3n) is 1.32. The molecule has 1 aromatic rings. The summed E-state index contributed by atoms with van der Waals surface area (Å²) >= 11 is 0. The van der Waals surface area contributed by atoms with E-state index in [1.807, 2.05) is 0 Å². The third-order valence-corrected chi connectivity index (χ3v) is 1.32. The van der Waals surface area contributed by atoms with E-state index in [1.54, 1.807) is 13.0 Å². The van der Waals surface area contributed by atoms with Gasteiger partial charge in [0.1, 0.15) is 5.82 Å². The zero-order valence-electron chi connectivity index (χ0n) is 7.10. The first-order valence-electron chi connectivity index (χ1n) is 3.71. The predicted molar refractivity (Wildman–Crippen MR) is 48.5 cm³/mol. The van der Waals surface area contributed by atoms with E-state index in [4.69, 9.17) is 0 Å². The molecule has 2 nitrogen and oxygen atoms in total. The van der Waals surface area contributed by atoms with Crippen LogP contribution in [0.2, 0.25) is 0 Å². The van der Waals surface area contributed by atoms with Crippen LogP contribution < -0.4 is 5.32 Å². The van der Waals surface area contributed by atoms with Crippen molar-refractivity contribution >= 4 is 11.6 Å². The number of halogens is 1. The van der Waals surface area contributed by atoms with Gasteiger partial charge in [-0.1, -0.05) is 12.0 Å². The van der Waals surface area contributed by atoms with Crippen LogP contribution in [0.5, 0.6) is 0 Å². The number of nitrogens with one attached hydrogen (secondary N) is 1. The molecule has 1 rings (SSSR count). The van der Waals surface area contributed by atoms with Crippen molar-refractivity contribution in [2.75, 3.05) is 5.32 Å². The molecule has 0 aromatic heterocycles. The number of amides is 1. The molecule has 0 aliphatic rings. The normalized spacial score (nSPS) is 8.46. The third kappa shape index (κ3) is 2.96. The molecule has 0 aliphatic heterocycles. The molecule has 0 heterocycles. The fraction of sp³-hybridized carbons (Fsp3) is 0.100. The predicted octanol–water partition coefficient (Wildman–Crippen LogP) is 1.79. The molecule has 0 radical (unpaired) electrons. The van der Waals surface area contributed by atoms with Crippen molar-refractivity contribution in [1.29, 1.82) is 0 Å². The van der Waals surface area contributed by atoms with Gasteiger partial charge in [-0.25, -0.2) is 4.39 Å². The molecule has 0 aliphatic carbocycles. The highest BCUT2D eigenvalue weighted by Crippen LogP contribution is 2.08. The molecule has 1 N–H and O–H groups in total. The fourth-order valence-electron chi connectivity index (χ4n) is 0.842. The van der Waals surface area contributed by atoms with E-state index in [0.29, 0.717) is 5.69 Å². The van der Waals surface area contributed by atoms with Gasteiger partial charge in [0.05, 0.1) is 0 Å². The maximum absolute atomic E-state index is 12.6. The van der Waals surface area contributed by atoms with Crippen LogP contribution in [0.15, 0.2) is 24.3 Å². The van der Waals surface area contributed by atoms with Crippen LogP contribution in [0.3, 0.4) is 0 Å². The Kier molecular flexibility index (Phi) is 3.04. The Labute approximate surface area is 75.8 Å². The first-order valence-corrected chi connectivity index (χ1v) is 3.71. The van der Waals surface area contributed by atoms with Crippen LogP contribution in [-0.4, -0.2) is 5.91 Å². The zero-order chi connectivity index (χ0) is 9.68. The van der Waals surface area contributed by atoms with E-state index in [0.717, 1.165) is 0 Å². The standard InChI is InChI=1S/C10H8FNO/c1-2-4-10(13)12-9-6-3-5-8(11)7-9/h3,5-7H,1H3,(H,12,13). The maximum atomic E-state index is 12.6. The zero-order valence-corrected chi connectivity index (χ0v) is 7.10. The van der Waals surface area contributed by atoms with E-state index in [-0.39, 0.29) is 5.82 Å². The van der Waals surface area contributed by atoms with Crippen LogP contribution in [0.1, 0.15) is 6.92 Å². The van der Waals surface area contributed by atoms with Gasteiger partial charge in [0.15, 0.2) is 0 Å². The van der Waals surface area contributed by atoms with Crippen molar-refractivity contribution < 1.29 is 9.18 Å². The van der Waals surface area contributed by atoms with Gasteiger partial charge in [0.2, 0.25) is 0 Å². The molecule has 0 fully saturated rings. The lowest BCUT2D eigenvalue weighted by Gasteiger charge is -1.99. The summed E-state index contributed by atoms with van der Waals surface area (Å²) in [5.74, 6) is 3.91. The number of hydrogen-bond acceptors (Lipinski definition) is 1. The summed E-state index contributed by atoms with van der Waals surface area (Å²) < 4.78 is 12.6. The SMILES string of the molecule is CC#CC(=O)Nc1cccc(F)c1. The summed E-state index contributed by atoms with van der Waals surface area (Å²) in [6.45, 7) is 1.56. The lowest BCUT2D eigenvalue weighted by molar-refractivity contribution is -0.111. The van der Waals surface area contributed by atoms with Crippen molar-refractivity contribution in [3.05, 3.63) is 30.1 Å². The summed E-state index contributed by atoms with van der Waals surface area (Å²) in [6.07, 6.45) is 0. The van der Waals surface area contributed by atoms with Crippen molar-refractivity contribution in [3.8, 4) is 11.8 Å². The molecule has 0 atom stereocenters. The summed E-state index contributed by atoms with van der Waals surface area (Å²) in [4.78, 5) is 10.9. The Morgan fingerprint density at radius 1 is 1.54 bits per heavy atom. The van der Waals surface area contributed by atoms with Gasteiger partial charge in [-0.15, -0.1) is 0 Å². The van der Waals surface area contributed by atoms with Gasteiger partial charge in [-0.05, 0) is 31.0 Å². The second-order valence-electron chi connectivity index (χ2n) is 2.34. The fourth-order valence-corrected chi connectivity index (χ4v) is 0.842. The van der Waals surface area contributed by atoms with E-state index in [9.17, 15) is 9.18 Å². The number of rotatable bonds is 1. The molecule has 0 saturated carbocycles. The highest BCUT2D eigenvalue weighted by Gasteiger charge is 1.97. The molecule has 0 unspecified atom stereocenters. The first kappa shape index (κ1) is 9.27. The van der Waals surface area contributed by atoms with Gasteiger partial charge < -0.3 is 5.32 Å². The molecular weight excluding hydrogens is 169 g/mol. The van der Waals surface area contributed by atoms with E-state index in [1.165, 1.54) is 18.2 Å². The minimum Gasteiger partial charge on any atom is -0.315 e. The number of carbonyl (C=O) groups is 1. The topological polar surface area (TPSA) is 29.1 Å². The summed E-state index contributed by atoms with van der Waals surface area (Å²) in [6, 6.07) is 5.65. The number of benzene rings is 1. The van der Waals surface area contributed by atoms with Crippen molar-refractivity contribution in [3.63, 3.8) is 0 Å². The van der Waals surface area contributed by atoms with Gasteiger partial charge in [-0.2, -0.15) is 0 Å². The molecule has 13 heavy (non-hydrogen) atoms. The van der Waals surface area contributed by atoms with Crippen molar-refractivity contribution in [2.24, 2.45) is 0 Å². The van der Waals surface area contributed by atoms with Crippen LogP contribution >= 0.6 is 0 Å². The van der Waals surface area contributed by atoms with Gasteiger partial charge in [-0.3, -0.25) is 4.79 Å². The second-order valence-corrected chi connectivity index (χ2v) is 2.34. The van der Waals surface area contributed by atoms with Gasteiger partial charge in [0.25, 0.3) is 5.91 Å². The quantitative estimate of drug-likeness (QED) is 0.651. The molecule has 0 spiro atoms. The smallest absolute Gasteiger partial charge is 0.300 e. The van der Waals surface area contributed by atoms with E-state index >= 15 is 0 Å². The van der Waals surface area contributed by atoms with Crippen LogP contribution in [-0.2, 0) is 4.79 Å².